The van der Waals surface area contributed by atoms with Crippen LogP contribution in [0.2, 0.25) is 0 Å². The number of thiocarbonyl (C=S) groups is 1. The minimum atomic E-state index is -0.377. The Bertz CT molecular complexity index is 1040. The molecule has 1 unspecified atom stereocenters. The Labute approximate surface area is 187 Å². The van der Waals surface area contributed by atoms with E-state index in [0.29, 0.717) is 15.7 Å². The highest BCUT2D eigenvalue weighted by Gasteiger charge is 2.18. The Morgan fingerprint density at radius 3 is 2.50 bits per heavy atom. The van der Waals surface area contributed by atoms with Crippen molar-refractivity contribution in [3.8, 4) is 0 Å². The first-order chi connectivity index (χ1) is 14.4. The third-order valence-electron chi connectivity index (χ3n) is 5.02. The molecule has 1 atom stereocenters. The van der Waals surface area contributed by atoms with Crippen LogP contribution in [-0.2, 0) is 11.2 Å². The van der Waals surface area contributed by atoms with E-state index in [4.69, 9.17) is 17.0 Å². The molecule has 0 saturated heterocycles. The number of rotatable bonds is 6. The largest absolute Gasteiger partial charge is 0.465 e. The molecule has 6 heteroatoms. The van der Waals surface area contributed by atoms with Gasteiger partial charge in [-0.2, -0.15) is 0 Å². The van der Waals surface area contributed by atoms with Crippen LogP contribution in [0.25, 0.3) is 0 Å². The van der Waals surface area contributed by atoms with E-state index in [-0.39, 0.29) is 12.0 Å². The lowest BCUT2D eigenvalue weighted by molar-refractivity contribution is 0.0602. The number of carbonyl (C=O) groups is 1. The van der Waals surface area contributed by atoms with Crippen molar-refractivity contribution in [1.29, 1.82) is 0 Å². The number of thiophene rings is 1. The van der Waals surface area contributed by atoms with Crippen molar-refractivity contribution in [3.63, 3.8) is 0 Å². The summed E-state index contributed by atoms with van der Waals surface area (Å²) < 4.78 is 4.96. The topological polar surface area (TPSA) is 50.4 Å². The Kier molecular flexibility index (Phi) is 7.24. The lowest BCUT2D eigenvalue weighted by atomic mass is 10.0. The summed E-state index contributed by atoms with van der Waals surface area (Å²) in [6.45, 7) is 6.26. The molecule has 30 heavy (non-hydrogen) atoms. The van der Waals surface area contributed by atoms with Gasteiger partial charge in [0.05, 0.1) is 18.7 Å². The van der Waals surface area contributed by atoms with E-state index in [1.807, 2.05) is 24.3 Å². The monoisotopic (exact) mass is 438 g/mol. The van der Waals surface area contributed by atoms with Crippen LogP contribution < -0.4 is 10.6 Å². The van der Waals surface area contributed by atoms with Crippen LogP contribution in [0.4, 0.5) is 5.00 Å². The summed E-state index contributed by atoms with van der Waals surface area (Å²) >= 11 is 7.04. The van der Waals surface area contributed by atoms with Crippen LogP contribution in [0.1, 0.15) is 50.5 Å². The van der Waals surface area contributed by atoms with E-state index < -0.39 is 0 Å². The number of aryl methyl sites for hydroxylation is 2. The summed E-state index contributed by atoms with van der Waals surface area (Å²) in [5.41, 5.74) is 5.35. The summed E-state index contributed by atoms with van der Waals surface area (Å²) in [4.78, 5) is 13.3. The highest BCUT2D eigenvalue weighted by atomic mass is 32.1. The van der Waals surface area contributed by atoms with Crippen molar-refractivity contribution >= 4 is 39.6 Å². The molecule has 0 radical (unpaired) electrons. The summed E-state index contributed by atoms with van der Waals surface area (Å²) in [5.74, 6) is -0.377. The van der Waals surface area contributed by atoms with Gasteiger partial charge in [-0.3, -0.25) is 0 Å². The summed E-state index contributed by atoms with van der Waals surface area (Å²) in [6, 6.07) is 18.5. The molecule has 2 N–H and O–H groups in total. The van der Waals surface area contributed by atoms with Gasteiger partial charge in [0.2, 0.25) is 0 Å². The smallest absolute Gasteiger partial charge is 0.340 e. The lowest BCUT2D eigenvalue weighted by Gasteiger charge is -2.18. The maximum absolute atomic E-state index is 12.3. The number of benzene rings is 2. The molecule has 1 aromatic heterocycles. The van der Waals surface area contributed by atoms with Gasteiger partial charge in [0.25, 0.3) is 0 Å². The third kappa shape index (κ3) is 5.46. The van der Waals surface area contributed by atoms with E-state index >= 15 is 0 Å². The molecule has 3 aromatic rings. The quantitative estimate of drug-likeness (QED) is 0.377. The third-order valence-corrected chi connectivity index (χ3v) is 6.29. The van der Waals surface area contributed by atoms with Crippen LogP contribution >= 0.6 is 23.6 Å². The molecule has 0 saturated carbocycles. The summed E-state index contributed by atoms with van der Waals surface area (Å²) in [7, 11) is 1.39. The van der Waals surface area contributed by atoms with E-state index in [1.54, 1.807) is 0 Å². The average Bonchev–Trinajstić information content (AvgIpc) is 3.11. The van der Waals surface area contributed by atoms with Gasteiger partial charge < -0.3 is 15.4 Å². The van der Waals surface area contributed by atoms with Gasteiger partial charge >= 0.3 is 5.97 Å². The highest BCUT2D eigenvalue weighted by molar-refractivity contribution is 7.80. The zero-order valence-electron chi connectivity index (χ0n) is 17.6. The fourth-order valence-electron chi connectivity index (χ4n) is 3.13. The molecule has 0 aliphatic rings. The minimum Gasteiger partial charge on any atom is -0.465 e. The van der Waals surface area contributed by atoms with Gasteiger partial charge in [-0.1, -0.05) is 48.5 Å². The molecule has 0 amide bonds. The van der Waals surface area contributed by atoms with Gasteiger partial charge in [-0.15, -0.1) is 11.3 Å². The molecule has 1 heterocycles. The standard InChI is InChI=1S/C24H26N2O2S2/c1-15-10-11-19(12-16(15)2)17(3)25-24(29)26-22-21(23(27)28-4)14-20(30-22)13-18-8-6-5-7-9-18/h5-12,14,17H,13H2,1-4H3,(H2,25,26,29). The number of anilines is 1. The predicted molar refractivity (Wildman–Crippen MR) is 129 cm³/mol. The first kappa shape index (κ1) is 22.0. The fraction of sp³-hybridized carbons (Fsp3) is 0.250. The molecule has 0 bridgehead atoms. The molecule has 0 fully saturated rings. The van der Waals surface area contributed by atoms with Crippen LogP contribution in [0.5, 0.6) is 0 Å². The second-order valence-electron chi connectivity index (χ2n) is 7.27. The Morgan fingerprint density at radius 1 is 1.10 bits per heavy atom. The Hall–Kier alpha value is -2.70. The molecule has 156 valence electrons. The minimum absolute atomic E-state index is 0.0367. The molecular formula is C24H26N2O2S2. The van der Waals surface area contributed by atoms with Crippen LogP contribution in [0.3, 0.4) is 0 Å². The number of ether oxygens (including phenoxy) is 1. The fourth-order valence-corrected chi connectivity index (χ4v) is 4.56. The molecule has 3 rings (SSSR count). The SMILES string of the molecule is COC(=O)c1cc(Cc2ccccc2)sc1NC(=S)NC(C)c1ccc(C)c(C)c1. The molecular weight excluding hydrogens is 412 g/mol. The first-order valence-electron chi connectivity index (χ1n) is 9.77. The number of esters is 1. The second kappa shape index (κ2) is 9.87. The number of hydrogen-bond acceptors (Lipinski definition) is 4. The predicted octanol–water partition coefficient (Wildman–Crippen LogP) is 5.79. The van der Waals surface area contributed by atoms with E-state index in [2.05, 4.69) is 61.7 Å². The van der Waals surface area contributed by atoms with E-state index in [1.165, 1.54) is 35.1 Å². The summed E-state index contributed by atoms with van der Waals surface area (Å²) in [6.07, 6.45) is 0.746. The van der Waals surface area contributed by atoms with Crippen molar-refractivity contribution in [3.05, 3.63) is 87.3 Å². The Balaban J connectivity index is 1.74. The van der Waals surface area contributed by atoms with Crippen LogP contribution in [0.15, 0.2) is 54.6 Å². The molecule has 0 spiro atoms. The zero-order valence-corrected chi connectivity index (χ0v) is 19.2. The average molecular weight is 439 g/mol. The maximum atomic E-state index is 12.3. The lowest BCUT2D eigenvalue weighted by Crippen LogP contribution is -2.31. The van der Waals surface area contributed by atoms with E-state index in [0.717, 1.165) is 16.9 Å². The number of hydrogen-bond donors (Lipinski definition) is 2. The van der Waals surface area contributed by atoms with Crippen molar-refractivity contribution in [2.75, 3.05) is 12.4 Å². The normalized spacial score (nSPS) is 11.6. The molecule has 2 aromatic carbocycles. The van der Waals surface area contributed by atoms with Crippen LogP contribution in [-0.4, -0.2) is 18.2 Å². The number of methoxy groups -OCH3 is 1. The van der Waals surface area contributed by atoms with Crippen LogP contribution in [0, 0.1) is 13.8 Å². The van der Waals surface area contributed by atoms with Crippen molar-refractivity contribution < 1.29 is 9.53 Å². The maximum Gasteiger partial charge on any atom is 0.340 e. The van der Waals surface area contributed by atoms with Gasteiger partial charge in [0.15, 0.2) is 5.11 Å². The highest BCUT2D eigenvalue weighted by Crippen LogP contribution is 2.30. The van der Waals surface area contributed by atoms with Crippen molar-refractivity contribution in [2.24, 2.45) is 0 Å². The molecule has 4 nitrogen and oxygen atoms in total. The summed E-state index contributed by atoms with van der Waals surface area (Å²) in [5, 5.41) is 7.67. The Morgan fingerprint density at radius 2 is 1.83 bits per heavy atom. The van der Waals surface area contributed by atoms with Crippen molar-refractivity contribution in [2.45, 2.75) is 33.2 Å². The zero-order chi connectivity index (χ0) is 21.7. The molecule has 0 aliphatic carbocycles. The van der Waals surface area contributed by atoms with Gasteiger partial charge in [-0.25, -0.2) is 4.79 Å². The number of carbonyl (C=O) groups excluding carboxylic acids is 1. The second-order valence-corrected chi connectivity index (χ2v) is 8.82. The van der Waals surface area contributed by atoms with Crippen molar-refractivity contribution in [1.82, 2.24) is 5.32 Å². The first-order valence-corrected chi connectivity index (χ1v) is 11.0. The molecule has 0 aliphatic heterocycles. The van der Waals surface area contributed by atoms with Gasteiger partial charge in [-0.05, 0) is 61.3 Å². The van der Waals surface area contributed by atoms with E-state index in [9.17, 15) is 4.79 Å². The van der Waals surface area contributed by atoms with Gasteiger partial charge in [0.1, 0.15) is 5.00 Å². The number of nitrogens with one attached hydrogen (secondary N) is 2. The van der Waals surface area contributed by atoms with Gasteiger partial charge in [0, 0.05) is 11.3 Å².